The van der Waals surface area contributed by atoms with Crippen LogP contribution in [-0.4, -0.2) is 60.3 Å². The molecule has 0 saturated carbocycles. The molecular weight excluding hydrogens is 242 g/mol. The molecule has 102 valence electrons. The van der Waals surface area contributed by atoms with Crippen molar-refractivity contribution < 1.29 is 4.79 Å². The van der Waals surface area contributed by atoms with E-state index < -0.39 is 0 Å². The summed E-state index contributed by atoms with van der Waals surface area (Å²) in [5.41, 5.74) is 0.449. The first kappa shape index (κ1) is 12.3. The first-order chi connectivity index (χ1) is 9.34. The third kappa shape index (κ3) is 2.68. The van der Waals surface area contributed by atoms with Crippen molar-refractivity contribution in [1.82, 2.24) is 20.4 Å². The Kier molecular flexibility index (Phi) is 3.59. The van der Waals surface area contributed by atoms with E-state index in [0.717, 1.165) is 45.1 Å². The molecule has 0 spiro atoms. The summed E-state index contributed by atoms with van der Waals surface area (Å²) in [5.74, 6) is 0.872. The Labute approximate surface area is 112 Å². The number of aromatic nitrogens is 2. The molecule has 6 heteroatoms. The third-order valence-electron chi connectivity index (χ3n) is 3.70. The van der Waals surface area contributed by atoms with E-state index in [1.165, 1.54) is 12.8 Å². The monoisotopic (exact) mass is 261 g/mol. The van der Waals surface area contributed by atoms with E-state index in [9.17, 15) is 4.79 Å². The molecule has 0 atom stereocenters. The van der Waals surface area contributed by atoms with E-state index >= 15 is 0 Å². The lowest BCUT2D eigenvalue weighted by atomic mass is 10.3. The van der Waals surface area contributed by atoms with Crippen molar-refractivity contribution in [1.29, 1.82) is 0 Å². The number of anilines is 1. The Bertz CT molecular complexity index is 435. The number of nitrogens with zero attached hydrogens (tertiary/aromatic N) is 4. The molecule has 1 aromatic rings. The minimum atomic E-state index is -0.0121. The highest BCUT2D eigenvalue weighted by Gasteiger charge is 2.20. The number of hydrogen-bond acceptors (Lipinski definition) is 5. The molecule has 2 aliphatic heterocycles. The van der Waals surface area contributed by atoms with Crippen LogP contribution < -0.4 is 10.2 Å². The fourth-order valence-electron chi connectivity index (χ4n) is 2.58. The zero-order valence-corrected chi connectivity index (χ0v) is 11.0. The zero-order chi connectivity index (χ0) is 13.1. The molecule has 0 aromatic carbocycles. The van der Waals surface area contributed by atoms with Gasteiger partial charge in [0.1, 0.15) is 0 Å². The predicted molar refractivity (Wildman–Crippen MR) is 72.3 cm³/mol. The Morgan fingerprint density at radius 2 is 1.79 bits per heavy atom. The van der Waals surface area contributed by atoms with Gasteiger partial charge >= 0.3 is 0 Å². The summed E-state index contributed by atoms with van der Waals surface area (Å²) in [6.45, 7) is 5.28. The van der Waals surface area contributed by atoms with E-state index in [-0.39, 0.29) is 5.91 Å². The smallest absolute Gasteiger partial charge is 0.274 e. The van der Waals surface area contributed by atoms with Crippen LogP contribution in [-0.2, 0) is 0 Å². The Balaban J connectivity index is 1.69. The average Bonchev–Trinajstić information content (AvgIpc) is 3.02. The van der Waals surface area contributed by atoms with Gasteiger partial charge < -0.3 is 15.1 Å². The first-order valence-corrected chi connectivity index (χ1v) is 6.93. The highest BCUT2D eigenvalue weighted by atomic mass is 16.2. The SMILES string of the molecule is O=C(c1ccc(N2CCCC2)nn1)N1CCNCC1. The van der Waals surface area contributed by atoms with Gasteiger partial charge in [-0.1, -0.05) is 0 Å². The van der Waals surface area contributed by atoms with Crippen LogP contribution in [0.1, 0.15) is 23.3 Å². The van der Waals surface area contributed by atoms with Gasteiger partial charge in [-0.05, 0) is 25.0 Å². The van der Waals surface area contributed by atoms with Crippen molar-refractivity contribution in [2.24, 2.45) is 0 Å². The second-order valence-electron chi connectivity index (χ2n) is 5.01. The molecular formula is C13H19N5O. The maximum atomic E-state index is 12.2. The quantitative estimate of drug-likeness (QED) is 0.819. The van der Waals surface area contributed by atoms with E-state index in [2.05, 4.69) is 20.4 Å². The van der Waals surface area contributed by atoms with Crippen LogP contribution in [0.2, 0.25) is 0 Å². The van der Waals surface area contributed by atoms with Gasteiger partial charge in [0, 0.05) is 39.3 Å². The Morgan fingerprint density at radius 1 is 1.05 bits per heavy atom. The second-order valence-corrected chi connectivity index (χ2v) is 5.01. The number of carbonyl (C=O) groups excluding carboxylic acids is 1. The van der Waals surface area contributed by atoms with Gasteiger partial charge in [-0.3, -0.25) is 4.79 Å². The van der Waals surface area contributed by atoms with Crippen LogP contribution in [0.15, 0.2) is 12.1 Å². The molecule has 0 bridgehead atoms. The van der Waals surface area contributed by atoms with Gasteiger partial charge in [0.2, 0.25) is 0 Å². The number of carbonyl (C=O) groups is 1. The first-order valence-electron chi connectivity index (χ1n) is 6.93. The zero-order valence-electron chi connectivity index (χ0n) is 11.0. The Hall–Kier alpha value is -1.69. The average molecular weight is 261 g/mol. The highest BCUT2D eigenvalue weighted by Crippen LogP contribution is 2.16. The maximum absolute atomic E-state index is 12.2. The third-order valence-corrected chi connectivity index (χ3v) is 3.70. The van der Waals surface area contributed by atoms with Crippen LogP contribution >= 0.6 is 0 Å². The highest BCUT2D eigenvalue weighted by molar-refractivity contribution is 5.92. The molecule has 3 heterocycles. The number of amides is 1. The molecule has 0 aliphatic carbocycles. The van der Waals surface area contributed by atoms with Crippen LogP contribution in [0.25, 0.3) is 0 Å². The molecule has 2 aliphatic rings. The predicted octanol–water partition coefficient (Wildman–Crippen LogP) is 0.122. The lowest BCUT2D eigenvalue weighted by Crippen LogP contribution is -2.46. The van der Waals surface area contributed by atoms with Crippen molar-refractivity contribution in [2.45, 2.75) is 12.8 Å². The van der Waals surface area contributed by atoms with Gasteiger partial charge in [-0.15, -0.1) is 10.2 Å². The summed E-state index contributed by atoms with van der Waals surface area (Å²) in [7, 11) is 0. The topological polar surface area (TPSA) is 61.4 Å². The lowest BCUT2D eigenvalue weighted by molar-refractivity contribution is 0.0728. The van der Waals surface area contributed by atoms with Gasteiger partial charge in [0.05, 0.1) is 0 Å². The summed E-state index contributed by atoms with van der Waals surface area (Å²) < 4.78 is 0. The second kappa shape index (κ2) is 5.52. The Morgan fingerprint density at radius 3 is 2.42 bits per heavy atom. The largest absolute Gasteiger partial charge is 0.355 e. The lowest BCUT2D eigenvalue weighted by Gasteiger charge is -2.27. The van der Waals surface area contributed by atoms with Crippen molar-refractivity contribution >= 4 is 11.7 Å². The van der Waals surface area contributed by atoms with Crippen LogP contribution in [0.3, 0.4) is 0 Å². The van der Waals surface area contributed by atoms with Crippen molar-refractivity contribution in [2.75, 3.05) is 44.2 Å². The molecule has 1 aromatic heterocycles. The number of rotatable bonds is 2. The molecule has 1 N–H and O–H groups in total. The van der Waals surface area contributed by atoms with Gasteiger partial charge in [-0.2, -0.15) is 0 Å². The molecule has 1 amide bonds. The summed E-state index contributed by atoms with van der Waals surface area (Å²) in [5, 5.41) is 11.5. The number of piperazine rings is 1. The van der Waals surface area contributed by atoms with Crippen LogP contribution in [0.4, 0.5) is 5.82 Å². The number of nitrogens with one attached hydrogen (secondary N) is 1. The summed E-state index contributed by atoms with van der Waals surface area (Å²) in [6.07, 6.45) is 2.42. The van der Waals surface area contributed by atoms with Crippen LogP contribution in [0.5, 0.6) is 0 Å². The minimum absolute atomic E-state index is 0.0121. The van der Waals surface area contributed by atoms with Crippen molar-refractivity contribution in [3.05, 3.63) is 17.8 Å². The molecule has 19 heavy (non-hydrogen) atoms. The summed E-state index contributed by atoms with van der Waals surface area (Å²) in [4.78, 5) is 16.3. The van der Waals surface area contributed by atoms with Crippen molar-refractivity contribution in [3.8, 4) is 0 Å². The van der Waals surface area contributed by atoms with Crippen molar-refractivity contribution in [3.63, 3.8) is 0 Å². The van der Waals surface area contributed by atoms with Gasteiger partial charge in [0.25, 0.3) is 5.91 Å². The molecule has 0 unspecified atom stereocenters. The van der Waals surface area contributed by atoms with E-state index in [1.54, 1.807) is 6.07 Å². The van der Waals surface area contributed by atoms with Gasteiger partial charge in [0.15, 0.2) is 11.5 Å². The summed E-state index contributed by atoms with van der Waals surface area (Å²) >= 11 is 0. The minimum Gasteiger partial charge on any atom is -0.355 e. The normalized spacial score (nSPS) is 19.8. The van der Waals surface area contributed by atoms with E-state index in [0.29, 0.717) is 5.69 Å². The molecule has 0 radical (unpaired) electrons. The molecule has 3 rings (SSSR count). The summed E-state index contributed by atoms with van der Waals surface area (Å²) in [6, 6.07) is 3.71. The van der Waals surface area contributed by atoms with Crippen LogP contribution in [0, 0.1) is 0 Å². The van der Waals surface area contributed by atoms with Gasteiger partial charge in [-0.25, -0.2) is 0 Å². The molecule has 6 nitrogen and oxygen atoms in total. The fourth-order valence-corrected chi connectivity index (χ4v) is 2.58. The molecule has 2 saturated heterocycles. The van der Waals surface area contributed by atoms with E-state index in [4.69, 9.17) is 0 Å². The maximum Gasteiger partial charge on any atom is 0.274 e. The fraction of sp³-hybridized carbons (Fsp3) is 0.615. The number of hydrogen-bond donors (Lipinski definition) is 1. The standard InChI is InChI=1S/C13H19N5O/c19-13(18-9-5-14-6-10-18)11-3-4-12(16-15-11)17-7-1-2-8-17/h3-4,14H,1-2,5-10H2. The molecule has 2 fully saturated rings. The van der Waals surface area contributed by atoms with E-state index in [1.807, 2.05) is 11.0 Å².